The number of piperidine rings is 1. The summed E-state index contributed by atoms with van der Waals surface area (Å²) in [5, 5.41) is 5.32. The summed E-state index contributed by atoms with van der Waals surface area (Å²) in [6.45, 7) is 9.94. The molecule has 4 aromatic rings. The van der Waals surface area contributed by atoms with E-state index < -0.39 is 64.4 Å². The number of rotatable bonds is 7. The first-order valence-corrected chi connectivity index (χ1v) is 22.3. The minimum Gasteiger partial charge on any atom is -0.384 e. The molecule has 0 bridgehead atoms. The van der Waals surface area contributed by atoms with Crippen LogP contribution in [0.4, 0.5) is 34.6 Å². The molecular weight excluding hydrogens is 880 g/mol. The van der Waals surface area contributed by atoms with Crippen LogP contribution < -0.4 is 26.2 Å². The molecule has 9 rings (SSSR count). The topological polar surface area (TPSA) is 161 Å². The van der Waals surface area contributed by atoms with Gasteiger partial charge in [-0.3, -0.25) is 34.3 Å². The maximum Gasteiger partial charge on any atom is 0.433 e. The number of halogens is 5. The molecule has 5 aliphatic heterocycles. The first kappa shape index (κ1) is 44.9. The maximum absolute atomic E-state index is 16.4. The second-order valence-corrected chi connectivity index (χ2v) is 19.6. The number of piperazine rings is 1. The van der Waals surface area contributed by atoms with E-state index in [0.29, 0.717) is 60.5 Å². The van der Waals surface area contributed by atoms with E-state index >= 15 is 4.39 Å². The van der Waals surface area contributed by atoms with Gasteiger partial charge in [0.15, 0.2) is 0 Å². The molecule has 0 saturated carbocycles. The fourth-order valence-electron chi connectivity index (χ4n) is 11.0. The van der Waals surface area contributed by atoms with Crippen LogP contribution in [-0.4, -0.2) is 95.2 Å². The Morgan fingerprint density at radius 3 is 2.39 bits per heavy atom. The second-order valence-electron chi connectivity index (χ2n) is 19.2. The molecule has 346 valence electrons. The fraction of sp³-hybridized carbons (Fsp3) is 0.417. The highest BCUT2D eigenvalue weighted by Gasteiger charge is 2.65. The zero-order chi connectivity index (χ0) is 47.2. The van der Waals surface area contributed by atoms with Gasteiger partial charge in [-0.25, -0.2) is 4.39 Å². The van der Waals surface area contributed by atoms with Gasteiger partial charge in [0, 0.05) is 103 Å². The van der Waals surface area contributed by atoms with Crippen molar-refractivity contribution in [2.24, 2.45) is 11.1 Å². The average Bonchev–Trinajstić information content (AvgIpc) is 3.89. The molecule has 3 saturated heterocycles. The largest absolute Gasteiger partial charge is 0.433 e. The molecule has 1 spiro atoms. The minimum absolute atomic E-state index is 0.0367. The maximum atomic E-state index is 16.4. The number of benzene rings is 3. The third-order valence-electron chi connectivity index (χ3n) is 13.9. The fourth-order valence-corrected chi connectivity index (χ4v) is 11.2. The molecule has 0 radical (unpaired) electrons. The summed E-state index contributed by atoms with van der Waals surface area (Å²) in [4.78, 5) is 76.9. The molecule has 66 heavy (non-hydrogen) atoms. The second kappa shape index (κ2) is 16.3. The van der Waals surface area contributed by atoms with Crippen molar-refractivity contribution < 1.29 is 41.5 Å². The Hall–Kier alpha value is -6.23. The van der Waals surface area contributed by atoms with Gasteiger partial charge in [-0.2, -0.15) is 13.2 Å². The van der Waals surface area contributed by atoms with Crippen LogP contribution in [-0.2, 0) is 32.5 Å². The van der Waals surface area contributed by atoms with Gasteiger partial charge in [-0.15, -0.1) is 0 Å². The summed E-state index contributed by atoms with van der Waals surface area (Å²) >= 11 is 6.39. The lowest BCUT2D eigenvalue weighted by Crippen LogP contribution is -2.52. The molecule has 5 aliphatic rings. The van der Waals surface area contributed by atoms with E-state index in [1.807, 2.05) is 44.7 Å². The quantitative estimate of drug-likeness (QED) is 0.138. The van der Waals surface area contributed by atoms with E-state index in [-0.39, 0.29) is 59.9 Å². The Bertz CT molecular complexity index is 2700. The highest BCUT2D eigenvalue weighted by atomic mass is 35.5. The van der Waals surface area contributed by atoms with Gasteiger partial charge >= 0.3 is 6.18 Å². The lowest BCUT2D eigenvalue weighted by molar-refractivity contribution is -0.141. The summed E-state index contributed by atoms with van der Waals surface area (Å²) in [5.74, 6) is -3.86. The Labute approximate surface area is 383 Å². The number of alkyl halides is 3. The standard InChI is InChI=1S/C48H49ClF4N8O5/c1-25-18-26(44(65)59-16-14-58(15-17-59)28-9-10-29-27(19-28)23-60(45(29)66)35-12-13-38(62)57-43(35)64)8-11-34(25)61-37(21-46(2,3)4)47(24-56-33-20-36(48(51,52)53)55-22-31(33)47)39(41(61)42(54)63)30-6-5-7-32(49)40(30)50/h5-11,18-20,22,35,37,39,41,56H,12-17,21,23-24H2,1-4H3,(H2,54,63)(H,57,62,64)/t35?,37-,39-,41+,47-/m0/s1. The molecule has 5 atom stereocenters. The van der Waals surface area contributed by atoms with E-state index in [1.165, 1.54) is 23.2 Å². The third-order valence-corrected chi connectivity index (χ3v) is 14.2. The van der Waals surface area contributed by atoms with Crippen molar-refractivity contribution in [1.82, 2.24) is 20.1 Å². The number of nitrogens with two attached hydrogens (primary N) is 1. The first-order chi connectivity index (χ1) is 31.2. The SMILES string of the molecule is Cc1cc(C(=O)N2CCN(c3ccc4c(c3)CN(C3CCC(=O)NC3=O)C4=O)CC2)ccc1N1[C@@H](CC(C)(C)C)[C@@]2(CNc3cc(C(F)(F)F)ncc32)[C@@H](c2cccc(Cl)c2F)[C@@H]1C(N)=O. The van der Waals surface area contributed by atoms with Crippen LogP contribution in [0.15, 0.2) is 66.9 Å². The molecule has 13 nitrogen and oxygen atoms in total. The minimum atomic E-state index is -4.73. The van der Waals surface area contributed by atoms with Gasteiger partial charge < -0.3 is 30.7 Å². The number of pyridine rings is 1. The van der Waals surface area contributed by atoms with Crippen molar-refractivity contribution in [3.8, 4) is 0 Å². The van der Waals surface area contributed by atoms with Gasteiger partial charge in [0.25, 0.3) is 11.8 Å². The van der Waals surface area contributed by atoms with Crippen molar-refractivity contribution >= 4 is 58.2 Å². The van der Waals surface area contributed by atoms with Crippen molar-refractivity contribution in [2.75, 3.05) is 47.8 Å². The van der Waals surface area contributed by atoms with E-state index in [4.69, 9.17) is 17.3 Å². The van der Waals surface area contributed by atoms with Crippen LogP contribution in [0.2, 0.25) is 5.02 Å². The molecular formula is C48H49ClF4N8O5. The smallest absolute Gasteiger partial charge is 0.384 e. The van der Waals surface area contributed by atoms with Crippen LogP contribution >= 0.6 is 11.6 Å². The average molecular weight is 929 g/mol. The lowest BCUT2D eigenvalue weighted by atomic mass is 9.63. The summed E-state index contributed by atoms with van der Waals surface area (Å²) in [6, 6.07) is 13.6. The molecule has 6 heterocycles. The van der Waals surface area contributed by atoms with Gasteiger partial charge in [0.05, 0.1) is 5.02 Å². The number of aryl methyl sites for hydroxylation is 1. The lowest BCUT2D eigenvalue weighted by Gasteiger charge is -2.42. The molecule has 3 fully saturated rings. The molecule has 18 heteroatoms. The van der Waals surface area contributed by atoms with Gasteiger partial charge in [-0.1, -0.05) is 44.5 Å². The molecule has 1 unspecified atom stereocenters. The highest BCUT2D eigenvalue weighted by Crippen LogP contribution is 2.61. The number of fused-ring (bicyclic) bond motifs is 3. The Morgan fingerprint density at radius 2 is 1.73 bits per heavy atom. The highest BCUT2D eigenvalue weighted by molar-refractivity contribution is 6.30. The monoisotopic (exact) mass is 928 g/mol. The number of nitrogens with zero attached hydrogens (tertiary/aromatic N) is 5. The predicted octanol–water partition coefficient (Wildman–Crippen LogP) is 6.55. The summed E-state index contributed by atoms with van der Waals surface area (Å²) in [7, 11) is 0. The van der Waals surface area contributed by atoms with Crippen LogP contribution in [0.5, 0.6) is 0 Å². The molecule has 5 amide bonds. The van der Waals surface area contributed by atoms with Gasteiger partial charge in [0.1, 0.15) is 23.6 Å². The Balaban J connectivity index is 1.00. The van der Waals surface area contributed by atoms with Crippen molar-refractivity contribution in [2.45, 2.75) is 89.1 Å². The Morgan fingerprint density at radius 1 is 0.985 bits per heavy atom. The number of aromatic nitrogens is 1. The van der Waals surface area contributed by atoms with Crippen molar-refractivity contribution in [3.63, 3.8) is 0 Å². The number of anilines is 3. The van der Waals surface area contributed by atoms with Gasteiger partial charge in [0.2, 0.25) is 17.7 Å². The van der Waals surface area contributed by atoms with E-state index in [0.717, 1.165) is 17.3 Å². The zero-order valence-corrected chi connectivity index (χ0v) is 37.5. The number of hydrogen-bond acceptors (Lipinski definition) is 9. The van der Waals surface area contributed by atoms with Crippen LogP contribution in [0, 0.1) is 18.2 Å². The van der Waals surface area contributed by atoms with Gasteiger partial charge in [-0.05, 0) is 90.4 Å². The number of primary amides is 1. The van der Waals surface area contributed by atoms with Crippen molar-refractivity contribution in [3.05, 3.63) is 117 Å². The normalized spacial score (nSPS) is 24.2. The molecule has 3 aromatic carbocycles. The number of imide groups is 1. The van der Waals surface area contributed by atoms with Crippen LogP contribution in [0.1, 0.15) is 94.6 Å². The van der Waals surface area contributed by atoms with E-state index in [2.05, 4.69) is 20.5 Å². The van der Waals surface area contributed by atoms with E-state index in [9.17, 15) is 37.1 Å². The zero-order valence-electron chi connectivity index (χ0n) is 36.8. The van der Waals surface area contributed by atoms with E-state index in [1.54, 1.807) is 35.2 Å². The third kappa shape index (κ3) is 7.58. The summed E-state index contributed by atoms with van der Waals surface area (Å²) < 4.78 is 58.4. The first-order valence-electron chi connectivity index (χ1n) is 21.9. The Kier molecular flexibility index (Phi) is 11.1. The molecule has 0 aliphatic carbocycles. The van der Waals surface area contributed by atoms with Crippen LogP contribution in [0.25, 0.3) is 0 Å². The number of nitrogens with one attached hydrogen (secondary N) is 2. The van der Waals surface area contributed by atoms with Crippen molar-refractivity contribution in [1.29, 1.82) is 0 Å². The summed E-state index contributed by atoms with van der Waals surface area (Å²) in [5.41, 5.74) is 8.01. The van der Waals surface area contributed by atoms with Crippen LogP contribution in [0.3, 0.4) is 0 Å². The number of carbonyl (C=O) groups excluding carboxylic acids is 5. The predicted molar refractivity (Wildman–Crippen MR) is 239 cm³/mol. The number of carbonyl (C=O) groups is 5. The summed E-state index contributed by atoms with van der Waals surface area (Å²) in [6.07, 6.45) is -2.72. The molecule has 4 N–H and O–H groups in total. The number of amides is 5. The molecule has 1 aromatic heterocycles. The number of hydrogen-bond donors (Lipinski definition) is 3.